The number of hydrogen-bond donors (Lipinski definition) is 1. The third kappa shape index (κ3) is 6.53. The fourth-order valence-corrected chi connectivity index (χ4v) is 3.56. The van der Waals surface area contributed by atoms with E-state index in [4.69, 9.17) is 0 Å². The summed E-state index contributed by atoms with van der Waals surface area (Å²) in [5.74, 6) is -0.211. The maximum Gasteiger partial charge on any atom is 0.232 e. The van der Waals surface area contributed by atoms with Crippen molar-refractivity contribution in [2.24, 2.45) is 0 Å². The van der Waals surface area contributed by atoms with Gasteiger partial charge in [0.1, 0.15) is 0 Å². The zero-order valence-corrected chi connectivity index (χ0v) is 16.3. The molecule has 0 aliphatic carbocycles. The Morgan fingerprint density at radius 1 is 1.00 bits per heavy atom. The lowest BCUT2D eigenvalue weighted by Gasteiger charge is -2.22. The summed E-state index contributed by atoms with van der Waals surface area (Å²) in [6, 6.07) is 16.1. The monoisotopic (exact) mass is 388 g/mol. The molecule has 6 nitrogen and oxygen atoms in total. The summed E-state index contributed by atoms with van der Waals surface area (Å²) in [4.78, 5) is 23.3. The summed E-state index contributed by atoms with van der Waals surface area (Å²) in [5, 5.41) is 2.76. The molecule has 0 spiro atoms. The van der Waals surface area contributed by atoms with Gasteiger partial charge in [-0.3, -0.25) is 13.9 Å². The van der Waals surface area contributed by atoms with Crippen molar-refractivity contribution in [3.05, 3.63) is 65.7 Å². The van der Waals surface area contributed by atoms with Crippen LogP contribution in [0, 0.1) is 0 Å². The highest BCUT2D eigenvalue weighted by atomic mass is 32.2. The maximum atomic E-state index is 12.1. The fraction of sp³-hybridized carbons (Fsp3) is 0.300. The first kappa shape index (κ1) is 20.6. The van der Waals surface area contributed by atoms with Gasteiger partial charge in [0.15, 0.2) is 5.78 Å². The summed E-state index contributed by atoms with van der Waals surface area (Å²) in [6.07, 6.45) is 2.09. The average molecular weight is 388 g/mol. The van der Waals surface area contributed by atoms with Gasteiger partial charge >= 0.3 is 0 Å². The summed E-state index contributed by atoms with van der Waals surface area (Å²) in [7, 11) is -3.51. The molecule has 144 valence electrons. The Morgan fingerprint density at radius 3 is 2.19 bits per heavy atom. The Morgan fingerprint density at radius 2 is 1.63 bits per heavy atom. The number of benzene rings is 2. The summed E-state index contributed by atoms with van der Waals surface area (Å²) in [5.41, 5.74) is 2.05. The number of rotatable bonds is 9. The molecule has 0 aromatic heterocycles. The van der Waals surface area contributed by atoms with E-state index in [0.29, 0.717) is 24.1 Å². The van der Waals surface area contributed by atoms with E-state index in [-0.39, 0.29) is 24.8 Å². The van der Waals surface area contributed by atoms with Gasteiger partial charge in [0, 0.05) is 18.5 Å². The van der Waals surface area contributed by atoms with Crippen LogP contribution in [0.15, 0.2) is 54.6 Å². The first-order chi connectivity index (χ1) is 12.8. The van der Waals surface area contributed by atoms with Gasteiger partial charge in [-0.1, -0.05) is 30.3 Å². The SMILES string of the molecule is CC(=O)c1ccc(N(CCNC(=O)CCc2ccccc2)S(C)(=O)=O)cc1. The van der Waals surface area contributed by atoms with Crippen molar-refractivity contribution in [3.8, 4) is 0 Å². The number of ketones is 1. The van der Waals surface area contributed by atoms with Crippen molar-refractivity contribution >= 4 is 27.4 Å². The largest absolute Gasteiger partial charge is 0.354 e. The van der Waals surface area contributed by atoms with Gasteiger partial charge in [-0.25, -0.2) is 8.42 Å². The van der Waals surface area contributed by atoms with E-state index in [9.17, 15) is 18.0 Å². The summed E-state index contributed by atoms with van der Waals surface area (Å²) in [6.45, 7) is 1.78. The van der Waals surface area contributed by atoms with Crippen LogP contribution in [0.2, 0.25) is 0 Å². The molecule has 2 aromatic carbocycles. The molecule has 0 heterocycles. The van der Waals surface area contributed by atoms with E-state index in [1.165, 1.54) is 11.2 Å². The van der Waals surface area contributed by atoms with Crippen LogP contribution in [0.1, 0.15) is 29.3 Å². The highest BCUT2D eigenvalue weighted by molar-refractivity contribution is 7.92. The molecular weight excluding hydrogens is 364 g/mol. The maximum absolute atomic E-state index is 12.1. The molecule has 0 atom stereocenters. The number of carbonyl (C=O) groups is 2. The smallest absolute Gasteiger partial charge is 0.232 e. The van der Waals surface area contributed by atoms with Crippen LogP contribution in [0.4, 0.5) is 5.69 Å². The van der Waals surface area contributed by atoms with Crippen molar-refractivity contribution in [1.29, 1.82) is 0 Å². The van der Waals surface area contributed by atoms with Crippen LogP contribution < -0.4 is 9.62 Å². The Bertz CT molecular complexity index is 878. The van der Waals surface area contributed by atoms with Gasteiger partial charge in [0.25, 0.3) is 0 Å². The minimum absolute atomic E-state index is 0.0851. The van der Waals surface area contributed by atoms with E-state index in [2.05, 4.69) is 5.32 Å². The Labute approximate surface area is 160 Å². The van der Waals surface area contributed by atoms with E-state index in [1.54, 1.807) is 24.3 Å². The van der Waals surface area contributed by atoms with Gasteiger partial charge < -0.3 is 5.32 Å². The number of nitrogens with zero attached hydrogens (tertiary/aromatic N) is 1. The molecule has 27 heavy (non-hydrogen) atoms. The van der Waals surface area contributed by atoms with Crippen molar-refractivity contribution in [2.45, 2.75) is 19.8 Å². The zero-order valence-electron chi connectivity index (χ0n) is 15.5. The predicted molar refractivity (Wildman–Crippen MR) is 106 cm³/mol. The minimum atomic E-state index is -3.51. The molecule has 0 aliphatic heterocycles. The van der Waals surface area contributed by atoms with Crippen LogP contribution in [-0.4, -0.2) is 39.5 Å². The van der Waals surface area contributed by atoms with Gasteiger partial charge in [-0.05, 0) is 43.2 Å². The standard InChI is InChI=1S/C20H24N2O4S/c1-16(23)18-9-11-19(12-10-18)22(27(2,25)26)15-14-21-20(24)13-8-17-6-4-3-5-7-17/h3-7,9-12H,8,13-15H2,1-2H3,(H,21,24). The van der Waals surface area contributed by atoms with Crippen molar-refractivity contribution in [1.82, 2.24) is 5.32 Å². The lowest BCUT2D eigenvalue weighted by atomic mass is 10.1. The highest BCUT2D eigenvalue weighted by Crippen LogP contribution is 2.18. The number of Topliss-reactive ketones (excluding diaryl/α,β-unsaturated/α-hetero) is 1. The Balaban J connectivity index is 1.91. The number of amides is 1. The zero-order chi connectivity index (χ0) is 19.9. The third-order valence-electron chi connectivity index (χ3n) is 4.08. The number of carbonyl (C=O) groups excluding carboxylic acids is 2. The van der Waals surface area contributed by atoms with Gasteiger partial charge in [0.05, 0.1) is 18.5 Å². The molecule has 2 rings (SSSR count). The third-order valence-corrected chi connectivity index (χ3v) is 5.28. The minimum Gasteiger partial charge on any atom is -0.354 e. The molecule has 1 N–H and O–H groups in total. The number of aryl methyl sites for hydroxylation is 1. The molecule has 0 saturated heterocycles. The van der Waals surface area contributed by atoms with Gasteiger partial charge in [0.2, 0.25) is 15.9 Å². The first-order valence-corrected chi connectivity index (χ1v) is 10.5. The normalized spacial score (nSPS) is 11.0. The van der Waals surface area contributed by atoms with Gasteiger partial charge in [-0.15, -0.1) is 0 Å². The van der Waals surface area contributed by atoms with Crippen LogP contribution in [0.3, 0.4) is 0 Å². The first-order valence-electron chi connectivity index (χ1n) is 8.66. The summed E-state index contributed by atoms with van der Waals surface area (Å²) < 4.78 is 25.4. The van der Waals surface area contributed by atoms with E-state index >= 15 is 0 Å². The molecule has 0 unspecified atom stereocenters. The molecule has 0 fully saturated rings. The van der Waals surface area contributed by atoms with Crippen LogP contribution >= 0.6 is 0 Å². The quantitative estimate of drug-likeness (QED) is 0.669. The lowest BCUT2D eigenvalue weighted by Crippen LogP contribution is -2.38. The number of hydrogen-bond acceptors (Lipinski definition) is 4. The average Bonchev–Trinajstić information content (AvgIpc) is 2.63. The molecule has 0 saturated carbocycles. The Kier molecular flexibility index (Phi) is 7.12. The summed E-state index contributed by atoms with van der Waals surface area (Å²) >= 11 is 0. The fourth-order valence-electron chi connectivity index (χ4n) is 2.64. The van der Waals surface area contributed by atoms with Crippen LogP contribution in [-0.2, 0) is 21.2 Å². The molecule has 0 aliphatic rings. The van der Waals surface area contributed by atoms with Crippen molar-refractivity contribution < 1.29 is 18.0 Å². The molecule has 0 bridgehead atoms. The molecule has 2 aromatic rings. The van der Waals surface area contributed by atoms with E-state index in [1.807, 2.05) is 30.3 Å². The van der Waals surface area contributed by atoms with Gasteiger partial charge in [-0.2, -0.15) is 0 Å². The highest BCUT2D eigenvalue weighted by Gasteiger charge is 2.17. The number of nitrogens with one attached hydrogen (secondary N) is 1. The number of sulfonamides is 1. The molecular formula is C20H24N2O4S. The lowest BCUT2D eigenvalue weighted by molar-refractivity contribution is -0.120. The second-order valence-corrected chi connectivity index (χ2v) is 8.18. The second-order valence-electron chi connectivity index (χ2n) is 6.27. The Hall–Kier alpha value is -2.67. The topological polar surface area (TPSA) is 83.6 Å². The van der Waals surface area contributed by atoms with E-state index in [0.717, 1.165) is 11.8 Å². The van der Waals surface area contributed by atoms with Crippen molar-refractivity contribution in [3.63, 3.8) is 0 Å². The molecule has 1 amide bonds. The number of anilines is 1. The second kappa shape index (κ2) is 9.32. The van der Waals surface area contributed by atoms with Crippen molar-refractivity contribution in [2.75, 3.05) is 23.7 Å². The van der Waals surface area contributed by atoms with Crippen LogP contribution in [0.25, 0.3) is 0 Å². The van der Waals surface area contributed by atoms with Crippen LogP contribution in [0.5, 0.6) is 0 Å². The molecule has 0 radical (unpaired) electrons. The predicted octanol–water partition coefficient (Wildman–Crippen LogP) is 2.40. The molecule has 7 heteroatoms. The van der Waals surface area contributed by atoms with E-state index < -0.39 is 10.0 Å².